The number of hydrogen-bond acceptors (Lipinski definition) is 13. The van der Waals surface area contributed by atoms with Gasteiger partial charge in [-0.1, -0.05) is 47.1 Å². The normalized spacial score (nSPS) is 51.7. The highest BCUT2D eigenvalue weighted by atomic mass is 35.5. The van der Waals surface area contributed by atoms with Crippen molar-refractivity contribution in [2.45, 2.75) is 174 Å². The van der Waals surface area contributed by atoms with Gasteiger partial charge in [-0.05, 0) is 110 Å². The lowest BCUT2D eigenvalue weighted by Gasteiger charge is -2.70. The van der Waals surface area contributed by atoms with Crippen LogP contribution in [0.15, 0.2) is 11.6 Å². The van der Waals surface area contributed by atoms with Crippen LogP contribution in [0.5, 0.6) is 0 Å². The molecule has 334 valence electrons. The number of carbonyl (C=O) groups excluding carboxylic acids is 1. The number of allylic oxidation sites excluding steroid dienone is 2. The smallest absolute Gasteiger partial charge is 0.335 e. The summed E-state index contributed by atoms with van der Waals surface area (Å²) in [6.45, 7) is 14.8. The predicted octanol–water partition coefficient (Wildman–Crippen LogP) is 2.67. The average Bonchev–Trinajstić information content (AvgIpc) is 3.13. The molecule has 19 atom stereocenters. The van der Waals surface area contributed by atoms with Crippen molar-refractivity contribution in [3.8, 4) is 0 Å². The molecule has 0 aromatic rings. The molecule has 4 saturated carbocycles. The van der Waals surface area contributed by atoms with Crippen LogP contribution in [-0.2, 0) is 38.1 Å². The van der Waals surface area contributed by atoms with Crippen LogP contribution in [0.3, 0.4) is 0 Å². The molecular formula is C42H63ClO16. The van der Waals surface area contributed by atoms with Crippen LogP contribution in [0, 0.1) is 50.2 Å². The van der Waals surface area contributed by atoms with Crippen molar-refractivity contribution in [3.05, 3.63) is 11.6 Å². The minimum Gasteiger partial charge on any atom is -0.481 e. The maximum atomic E-state index is 14.8. The van der Waals surface area contributed by atoms with E-state index in [-0.39, 0.29) is 46.8 Å². The molecule has 59 heavy (non-hydrogen) atoms. The Balaban J connectivity index is 0.00000585. The molecule has 0 radical (unpaired) electrons. The van der Waals surface area contributed by atoms with E-state index in [1.54, 1.807) is 0 Å². The summed E-state index contributed by atoms with van der Waals surface area (Å²) in [4.78, 5) is 51.3. The van der Waals surface area contributed by atoms with Crippen molar-refractivity contribution in [2.75, 3.05) is 0 Å². The number of aliphatic carboxylic acids is 3. The fourth-order valence-corrected chi connectivity index (χ4v) is 13.4. The second-order valence-electron chi connectivity index (χ2n) is 20.6. The highest BCUT2D eigenvalue weighted by Crippen LogP contribution is 2.75. The molecule has 2 saturated heterocycles. The van der Waals surface area contributed by atoms with Crippen LogP contribution in [0.1, 0.15) is 106 Å². The zero-order chi connectivity index (χ0) is 42.9. The van der Waals surface area contributed by atoms with Crippen molar-refractivity contribution in [1.82, 2.24) is 0 Å². The number of aliphatic hydroxyl groups excluding tert-OH is 5. The Hall–Kier alpha value is -2.25. The summed E-state index contributed by atoms with van der Waals surface area (Å²) in [5.74, 6) is -4.47. The van der Waals surface area contributed by atoms with E-state index < -0.39 is 107 Å². The Bertz CT molecular complexity index is 1740. The number of ketones is 1. The first-order valence-electron chi connectivity index (χ1n) is 20.7. The Morgan fingerprint density at radius 1 is 0.695 bits per heavy atom. The number of ether oxygens (including phenoxy) is 4. The van der Waals surface area contributed by atoms with Crippen LogP contribution in [0.2, 0.25) is 0 Å². The number of halogens is 1. The molecule has 0 unspecified atom stereocenters. The summed E-state index contributed by atoms with van der Waals surface area (Å²) < 4.78 is 23.4. The first kappa shape index (κ1) is 46.3. The van der Waals surface area contributed by atoms with Gasteiger partial charge in [0.1, 0.15) is 36.6 Å². The lowest BCUT2D eigenvalue weighted by molar-refractivity contribution is -0.371. The second-order valence-corrected chi connectivity index (χ2v) is 20.6. The third kappa shape index (κ3) is 6.81. The molecule has 0 bridgehead atoms. The molecule has 8 N–H and O–H groups in total. The van der Waals surface area contributed by atoms with Gasteiger partial charge >= 0.3 is 17.9 Å². The van der Waals surface area contributed by atoms with E-state index in [9.17, 15) is 60.0 Å². The highest BCUT2D eigenvalue weighted by molar-refractivity contribution is 5.95. The Kier molecular flexibility index (Phi) is 11.9. The van der Waals surface area contributed by atoms with Crippen LogP contribution in [0.25, 0.3) is 0 Å². The molecule has 0 spiro atoms. The number of fused-ring (bicyclic) bond motifs is 7. The van der Waals surface area contributed by atoms with E-state index in [0.29, 0.717) is 25.7 Å². The van der Waals surface area contributed by atoms with Crippen molar-refractivity contribution in [3.63, 3.8) is 0 Å². The summed E-state index contributed by atoms with van der Waals surface area (Å²) in [5, 5.41) is 83.0. The fraction of sp³-hybridized carbons (Fsp3) is 0.857. The maximum absolute atomic E-state index is 14.8. The molecule has 5 aliphatic carbocycles. The molecule has 7 rings (SSSR count). The third-order valence-corrected chi connectivity index (χ3v) is 17.2. The Morgan fingerprint density at radius 3 is 1.86 bits per heavy atom. The number of carboxylic acids is 3. The van der Waals surface area contributed by atoms with Crippen LogP contribution >= 0.6 is 12.4 Å². The quantitative estimate of drug-likeness (QED) is 0.171. The van der Waals surface area contributed by atoms with E-state index in [2.05, 4.69) is 27.7 Å². The minimum absolute atomic E-state index is 0. The van der Waals surface area contributed by atoms with Gasteiger partial charge in [0, 0.05) is 5.92 Å². The molecule has 0 amide bonds. The number of hydrogen-bond donors (Lipinski definition) is 8. The topological polar surface area (TPSA) is 267 Å². The summed E-state index contributed by atoms with van der Waals surface area (Å²) in [6, 6.07) is 0. The van der Waals surface area contributed by atoms with Crippen molar-refractivity contribution in [2.24, 2.45) is 50.2 Å². The lowest BCUT2D eigenvalue weighted by atomic mass is 9.33. The van der Waals surface area contributed by atoms with Gasteiger partial charge in [-0.3, -0.25) is 9.59 Å². The van der Waals surface area contributed by atoms with Gasteiger partial charge in [0.25, 0.3) is 0 Å². The molecule has 17 heteroatoms. The number of carboxylic acid groups (broad SMARTS) is 3. The van der Waals surface area contributed by atoms with Crippen LogP contribution in [0.4, 0.5) is 0 Å². The number of carbonyl (C=O) groups is 4. The number of rotatable bonds is 7. The van der Waals surface area contributed by atoms with Crippen LogP contribution < -0.4 is 0 Å². The fourth-order valence-electron chi connectivity index (χ4n) is 13.4. The largest absolute Gasteiger partial charge is 0.481 e. The van der Waals surface area contributed by atoms with Gasteiger partial charge in [0.2, 0.25) is 0 Å². The summed E-state index contributed by atoms with van der Waals surface area (Å²) in [7, 11) is 0. The van der Waals surface area contributed by atoms with Crippen molar-refractivity contribution >= 4 is 36.1 Å². The van der Waals surface area contributed by atoms with Gasteiger partial charge in [0.05, 0.1) is 11.5 Å². The van der Waals surface area contributed by atoms with E-state index in [0.717, 1.165) is 37.7 Å². The highest BCUT2D eigenvalue weighted by Gasteiger charge is 2.71. The van der Waals surface area contributed by atoms with E-state index in [1.165, 1.54) is 0 Å². The van der Waals surface area contributed by atoms with E-state index in [1.807, 2.05) is 26.8 Å². The standard InChI is InChI=1S/C42H62O16.ClH/c1-37(2)21-8-11-42(7)31(20(43)16-18-19-17-39(4,36(53)54)13-12-38(19,3)14-15-41(18,42)6)40(21,5)10-9-22(37)55-35-30(26(47)25(46)29(57-35)33(51)52)58-34-27(48)23(44)24(45)28(56-34)32(49)50;/h16,19,21-31,34-35,44-48H,8-15,17H2,1-7H3,(H,49,50)(H,51,52)(H,53,54);1H/t19-,21-,22-,23-,24-,25-,26-,27+,28-,29-,30+,31+,34-,35-,38+,39-,40-,41+,42+;/m0./s1. The minimum atomic E-state index is -2.05. The van der Waals surface area contributed by atoms with Gasteiger partial charge in [0.15, 0.2) is 30.6 Å². The molecule has 2 heterocycles. The second kappa shape index (κ2) is 15.2. The molecule has 16 nitrogen and oxygen atoms in total. The summed E-state index contributed by atoms with van der Waals surface area (Å²) in [6.07, 6.45) is -12.2. The zero-order valence-electron chi connectivity index (χ0n) is 34.8. The molecule has 6 fully saturated rings. The molecule has 0 aromatic carbocycles. The molecule has 2 aliphatic heterocycles. The zero-order valence-corrected chi connectivity index (χ0v) is 35.6. The predicted molar refractivity (Wildman–Crippen MR) is 207 cm³/mol. The molecular weight excluding hydrogens is 796 g/mol. The average molecular weight is 859 g/mol. The molecule has 7 aliphatic rings. The SMILES string of the molecule is CC1(C)[C@@H](O[C@H]2O[C@H](C(=O)O)[C@@H](O)[C@H](O)[C@H]2O[C@@H]2O[C@H](C(=O)O)[C@@H](O)[C@H](O)[C@H]2O)CC[C@]2(C)[C@H]3C(=O)C=C4[C@@H]5C[C@@](C)(C(=O)O)CC[C@]5(C)CC[C@@]4(C)[C@]3(C)CC[C@@H]12.Cl. The maximum Gasteiger partial charge on any atom is 0.335 e. The van der Waals surface area contributed by atoms with Crippen LogP contribution in [-0.4, -0.2) is 132 Å². The summed E-state index contributed by atoms with van der Waals surface area (Å²) >= 11 is 0. The van der Waals surface area contributed by atoms with Gasteiger partial charge < -0.3 is 59.8 Å². The van der Waals surface area contributed by atoms with Crippen molar-refractivity contribution in [1.29, 1.82) is 0 Å². The first-order valence-corrected chi connectivity index (χ1v) is 20.7. The van der Waals surface area contributed by atoms with Gasteiger partial charge in [-0.2, -0.15) is 0 Å². The Labute approximate surface area is 350 Å². The monoisotopic (exact) mass is 858 g/mol. The molecule has 0 aromatic heterocycles. The van der Waals surface area contributed by atoms with Crippen molar-refractivity contribution < 1.29 is 79.0 Å². The third-order valence-electron chi connectivity index (χ3n) is 17.2. The van der Waals surface area contributed by atoms with Gasteiger partial charge in [-0.25, -0.2) is 9.59 Å². The first-order chi connectivity index (χ1) is 26.8. The Morgan fingerprint density at radius 2 is 1.27 bits per heavy atom. The lowest BCUT2D eigenvalue weighted by Crippen LogP contribution is -2.68. The van der Waals surface area contributed by atoms with Gasteiger partial charge in [-0.15, -0.1) is 12.4 Å². The van der Waals surface area contributed by atoms with E-state index >= 15 is 0 Å². The summed E-state index contributed by atoms with van der Waals surface area (Å²) in [5.41, 5.74) is -1.81. The number of aliphatic hydroxyl groups is 5. The van der Waals surface area contributed by atoms with E-state index in [4.69, 9.17) is 18.9 Å².